The van der Waals surface area contributed by atoms with E-state index < -0.39 is 6.16 Å². The zero-order chi connectivity index (χ0) is 23.3. The van der Waals surface area contributed by atoms with Crippen molar-refractivity contribution < 1.29 is 24.5 Å². The molecule has 3 aromatic rings. The number of carbonyl (C=O) groups is 1. The summed E-state index contributed by atoms with van der Waals surface area (Å²) in [5.41, 5.74) is 3.56. The molecular weight excluding hydrogens is 420 g/mol. The van der Waals surface area contributed by atoms with Gasteiger partial charge in [-0.25, -0.2) is 4.79 Å². The largest absolute Gasteiger partial charge is 0.503 e. The van der Waals surface area contributed by atoms with Crippen LogP contribution in [-0.2, 0) is 4.74 Å². The summed E-state index contributed by atoms with van der Waals surface area (Å²) < 4.78 is 12.1. The number of hydrogen-bond donors (Lipinski definition) is 3. The Bertz CT molecular complexity index is 902. The van der Waals surface area contributed by atoms with Crippen molar-refractivity contribution in [3.8, 4) is 5.75 Å². The third-order valence-electron chi connectivity index (χ3n) is 5.16. The van der Waals surface area contributed by atoms with Crippen molar-refractivity contribution in [1.29, 1.82) is 0 Å². The molecule has 0 amide bonds. The highest BCUT2D eigenvalue weighted by Crippen LogP contribution is 2.26. The van der Waals surface area contributed by atoms with Gasteiger partial charge in [-0.15, -0.1) is 0 Å². The van der Waals surface area contributed by atoms with Gasteiger partial charge in [-0.3, -0.25) is 0 Å². The molecule has 4 rings (SSSR count). The van der Waals surface area contributed by atoms with Crippen LogP contribution in [0, 0.1) is 0 Å². The quantitative estimate of drug-likeness (QED) is 0.435. The minimum Gasteiger partial charge on any atom is -0.491 e. The van der Waals surface area contributed by atoms with Crippen LogP contribution in [0.25, 0.3) is 0 Å². The second-order valence-corrected chi connectivity index (χ2v) is 7.43. The molecule has 1 aliphatic rings. The molecule has 7 nitrogen and oxygen atoms in total. The SMILES string of the molecule is O=C(O)O.c1ccc(C(OCCOc2ccc(N3CCNCC3)cc2)c2ccccc2)cc1. The van der Waals surface area contributed by atoms with Gasteiger partial charge in [0.1, 0.15) is 18.5 Å². The molecule has 1 aliphatic heterocycles. The summed E-state index contributed by atoms with van der Waals surface area (Å²) in [6, 6.07) is 29.0. The second-order valence-electron chi connectivity index (χ2n) is 7.43. The molecule has 0 atom stereocenters. The number of piperazine rings is 1. The molecule has 1 saturated heterocycles. The lowest BCUT2D eigenvalue weighted by atomic mass is 10.0. The zero-order valence-electron chi connectivity index (χ0n) is 18.5. The van der Waals surface area contributed by atoms with Crippen LogP contribution in [0.2, 0.25) is 0 Å². The van der Waals surface area contributed by atoms with Gasteiger partial charge in [0.2, 0.25) is 0 Å². The molecule has 0 aliphatic carbocycles. The molecule has 3 N–H and O–H groups in total. The molecule has 1 heterocycles. The van der Waals surface area contributed by atoms with E-state index in [-0.39, 0.29) is 6.10 Å². The summed E-state index contributed by atoms with van der Waals surface area (Å²) >= 11 is 0. The maximum Gasteiger partial charge on any atom is 0.503 e. The molecule has 174 valence electrons. The number of ether oxygens (including phenoxy) is 2. The molecule has 0 unspecified atom stereocenters. The Morgan fingerprint density at radius 3 is 1.85 bits per heavy atom. The van der Waals surface area contributed by atoms with Crippen LogP contribution in [0.3, 0.4) is 0 Å². The molecule has 0 bridgehead atoms. The van der Waals surface area contributed by atoms with Crippen LogP contribution in [0.5, 0.6) is 5.75 Å². The summed E-state index contributed by atoms with van der Waals surface area (Å²) in [7, 11) is 0. The highest BCUT2D eigenvalue weighted by atomic mass is 16.6. The van der Waals surface area contributed by atoms with Gasteiger partial charge in [-0.1, -0.05) is 60.7 Å². The number of carboxylic acid groups (broad SMARTS) is 2. The monoisotopic (exact) mass is 450 g/mol. The number of hydrogen-bond acceptors (Lipinski definition) is 5. The van der Waals surface area contributed by atoms with E-state index >= 15 is 0 Å². The first-order chi connectivity index (χ1) is 16.1. The number of rotatable bonds is 8. The van der Waals surface area contributed by atoms with Crippen LogP contribution >= 0.6 is 0 Å². The standard InChI is InChI=1S/C25H28N2O2.CH2O3/c1-3-7-21(8-4-1)25(22-9-5-2-6-10-22)29-20-19-28-24-13-11-23(12-14-24)27-17-15-26-16-18-27;2-1(3)4/h1-14,25-26H,15-20H2;(H2,2,3,4). The van der Waals surface area contributed by atoms with Crippen molar-refractivity contribution in [3.63, 3.8) is 0 Å². The van der Waals surface area contributed by atoms with Crippen molar-refractivity contribution in [2.75, 3.05) is 44.3 Å². The second kappa shape index (κ2) is 13.1. The maximum atomic E-state index is 8.56. The van der Waals surface area contributed by atoms with E-state index in [1.165, 1.54) is 5.69 Å². The fourth-order valence-corrected chi connectivity index (χ4v) is 3.64. The van der Waals surface area contributed by atoms with Gasteiger partial charge >= 0.3 is 6.16 Å². The Labute approximate surface area is 194 Å². The molecule has 0 radical (unpaired) electrons. The Kier molecular flexibility index (Phi) is 9.57. The van der Waals surface area contributed by atoms with Crippen LogP contribution in [0.4, 0.5) is 10.5 Å². The van der Waals surface area contributed by atoms with Gasteiger partial charge in [0.15, 0.2) is 0 Å². The number of nitrogens with one attached hydrogen (secondary N) is 1. The van der Waals surface area contributed by atoms with Crippen LogP contribution in [-0.4, -0.2) is 55.8 Å². The Balaban J connectivity index is 0.000000709. The topological polar surface area (TPSA) is 91.3 Å². The fourth-order valence-electron chi connectivity index (χ4n) is 3.64. The lowest BCUT2D eigenvalue weighted by Gasteiger charge is -2.29. The van der Waals surface area contributed by atoms with Gasteiger partial charge in [-0.05, 0) is 35.4 Å². The van der Waals surface area contributed by atoms with E-state index in [9.17, 15) is 0 Å². The van der Waals surface area contributed by atoms with Crippen LogP contribution in [0.1, 0.15) is 17.2 Å². The molecule has 0 spiro atoms. The Hall–Kier alpha value is -3.55. The van der Waals surface area contributed by atoms with Crippen molar-refractivity contribution >= 4 is 11.8 Å². The van der Waals surface area contributed by atoms with Crippen molar-refractivity contribution in [2.45, 2.75) is 6.10 Å². The summed E-state index contributed by atoms with van der Waals surface area (Å²) in [4.78, 5) is 11.0. The van der Waals surface area contributed by atoms with Gasteiger partial charge in [0, 0.05) is 31.9 Å². The normalized spacial score (nSPS) is 13.2. The average molecular weight is 451 g/mol. The summed E-state index contributed by atoms with van der Waals surface area (Å²) in [5, 5.41) is 17.3. The zero-order valence-corrected chi connectivity index (χ0v) is 18.5. The lowest BCUT2D eigenvalue weighted by molar-refractivity contribution is 0.0560. The fraction of sp³-hybridized carbons (Fsp3) is 0.269. The molecule has 3 aromatic carbocycles. The predicted octanol–water partition coefficient (Wildman–Crippen LogP) is 4.50. The highest BCUT2D eigenvalue weighted by Gasteiger charge is 2.14. The van der Waals surface area contributed by atoms with Crippen LogP contribution in [0.15, 0.2) is 84.9 Å². The highest BCUT2D eigenvalue weighted by molar-refractivity contribution is 5.53. The summed E-state index contributed by atoms with van der Waals surface area (Å²) in [6.45, 7) is 5.22. The van der Waals surface area contributed by atoms with Crippen LogP contribution < -0.4 is 15.0 Å². The van der Waals surface area contributed by atoms with Gasteiger partial charge in [0.25, 0.3) is 0 Å². The Morgan fingerprint density at radius 2 is 1.33 bits per heavy atom. The van der Waals surface area contributed by atoms with E-state index in [0.717, 1.165) is 43.1 Å². The molecule has 33 heavy (non-hydrogen) atoms. The number of nitrogens with zero attached hydrogens (tertiary/aromatic N) is 1. The minimum atomic E-state index is -1.83. The van der Waals surface area contributed by atoms with E-state index in [1.807, 2.05) is 48.5 Å². The molecule has 7 heteroatoms. The Morgan fingerprint density at radius 1 is 0.818 bits per heavy atom. The number of anilines is 1. The summed E-state index contributed by atoms with van der Waals surface area (Å²) in [6.07, 6.45) is -1.92. The van der Waals surface area contributed by atoms with Gasteiger partial charge < -0.3 is 29.9 Å². The van der Waals surface area contributed by atoms with E-state index in [1.54, 1.807) is 0 Å². The van der Waals surface area contributed by atoms with E-state index in [0.29, 0.717) is 13.2 Å². The lowest BCUT2D eigenvalue weighted by Crippen LogP contribution is -2.43. The first kappa shape index (κ1) is 24.1. The molecule has 1 fully saturated rings. The van der Waals surface area contributed by atoms with Crippen molar-refractivity contribution in [3.05, 3.63) is 96.1 Å². The van der Waals surface area contributed by atoms with Gasteiger partial charge in [-0.2, -0.15) is 0 Å². The first-order valence-electron chi connectivity index (χ1n) is 11.0. The maximum absolute atomic E-state index is 8.56. The molecular formula is C26H30N2O5. The average Bonchev–Trinajstić information content (AvgIpc) is 2.86. The van der Waals surface area contributed by atoms with Crippen molar-refractivity contribution in [2.24, 2.45) is 0 Å². The third-order valence-corrected chi connectivity index (χ3v) is 5.16. The smallest absolute Gasteiger partial charge is 0.491 e. The third kappa shape index (κ3) is 8.14. The van der Waals surface area contributed by atoms with E-state index in [4.69, 9.17) is 24.5 Å². The number of benzene rings is 3. The predicted molar refractivity (Wildman–Crippen MR) is 128 cm³/mol. The van der Waals surface area contributed by atoms with Crippen molar-refractivity contribution in [1.82, 2.24) is 5.32 Å². The molecule has 0 saturated carbocycles. The molecule has 0 aromatic heterocycles. The van der Waals surface area contributed by atoms with E-state index in [2.05, 4.69) is 46.6 Å². The first-order valence-corrected chi connectivity index (χ1v) is 11.0. The van der Waals surface area contributed by atoms with Gasteiger partial charge in [0.05, 0.1) is 6.61 Å². The summed E-state index contributed by atoms with van der Waals surface area (Å²) in [5.74, 6) is 0.878. The minimum absolute atomic E-state index is 0.0870.